The minimum absolute atomic E-state index is 0.0739. The number of ether oxygens (including phenoxy) is 2. The van der Waals surface area contributed by atoms with E-state index in [9.17, 15) is 9.59 Å². The molecule has 0 aromatic heterocycles. The smallest absolute Gasteiger partial charge is 0.193 e. The van der Waals surface area contributed by atoms with Gasteiger partial charge in [-0.15, -0.1) is 0 Å². The Kier molecular flexibility index (Phi) is 7.91. The Morgan fingerprint density at radius 2 is 0.652 bits per heavy atom. The van der Waals surface area contributed by atoms with Crippen LogP contribution in [-0.4, -0.2) is 11.6 Å². The Bertz CT molecular complexity index is 1970. The van der Waals surface area contributed by atoms with Crippen molar-refractivity contribution in [3.05, 3.63) is 190 Å². The zero-order valence-corrected chi connectivity index (χ0v) is 24.8. The van der Waals surface area contributed by atoms with Crippen molar-refractivity contribution >= 4 is 35.9 Å². The standard InChI is InChI=1S/C42H28O4/c43-41-33-17-21-37(22-18-33)45-39-11-3-7-31(27-39)15-16-32-8-4-12-40(28-32)46-38-23-19-34(20-24-38)42(44)36-10-2-6-30(26-36)14-13-29-5-1-9-35(41)25-29/h1-28H. The summed E-state index contributed by atoms with van der Waals surface area (Å²) in [6, 6.07) is 45.0. The number of hydrogen-bond donors (Lipinski definition) is 0. The van der Waals surface area contributed by atoms with Gasteiger partial charge in [-0.2, -0.15) is 0 Å². The highest BCUT2D eigenvalue weighted by molar-refractivity contribution is 6.10. The molecule has 4 heterocycles. The Morgan fingerprint density at radius 1 is 0.304 bits per heavy atom. The van der Waals surface area contributed by atoms with E-state index in [0.717, 1.165) is 22.3 Å². The highest BCUT2D eigenvalue weighted by Gasteiger charge is 2.12. The van der Waals surface area contributed by atoms with Gasteiger partial charge in [0.15, 0.2) is 11.6 Å². The fourth-order valence-corrected chi connectivity index (χ4v) is 5.27. The van der Waals surface area contributed by atoms with Crippen molar-refractivity contribution in [2.45, 2.75) is 0 Å². The first-order chi connectivity index (χ1) is 22.6. The van der Waals surface area contributed by atoms with E-state index in [1.807, 2.05) is 146 Å². The van der Waals surface area contributed by atoms with Crippen molar-refractivity contribution in [2.75, 3.05) is 0 Å². The number of carbonyl (C=O) groups is 2. The van der Waals surface area contributed by atoms with Gasteiger partial charge in [-0.05, 0) is 107 Å². The van der Waals surface area contributed by atoms with Crippen LogP contribution in [0.1, 0.15) is 54.1 Å². The Hall–Kier alpha value is -6.26. The molecule has 0 spiro atoms. The molecule has 0 N–H and O–H groups in total. The van der Waals surface area contributed by atoms with Crippen molar-refractivity contribution in [3.8, 4) is 23.0 Å². The Balaban J connectivity index is 1.24. The number of benzene rings is 6. The van der Waals surface area contributed by atoms with Gasteiger partial charge in [-0.1, -0.05) is 85.0 Å². The van der Waals surface area contributed by atoms with E-state index in [2.05, 4.69) is 0 Å². The molecule has 0 unspecified atom stereocenters. The average Bonchev–Trinajstić information content (AvgIpc) is 3.10. The van der Waals surface area contributed by atoms with Crippen LogP contribution >= 0.6 is 0 Å². The van der Waals surface area contributed by atoms with Crippen LogP contribution in [0.4, 0.5) is 0 Å². The van der Waals surface area contributed by atoms with E-state index in [4.69, 9.17) is 9.47 Å². The topological polar surface area (TPSA) is 52.6 Å². The van der Waals surface area contributed by atoms with Gasteiger partial charge >= 0.3 is 0 Å². The molecule has 4 aliphatic rings. The van der Waals surface area contributed by atoms with E-state index >= 15 is 0 Å². The molecule has 46 heavy (non-hydrogen) atoms. The van der Waals surface area contributed by atoms with Crippen LogP contribution in [0.3, 0.4) is 0 Å². The molecule has 0 saturated carbocycles. The molecule has 0 fully saturated rings. The van der Waals surface area contributed by atoms with Crippen molar-refractivity contribution in [3.63, 3.8) is 0 Å². The lowest BCUT2D eigenvalue weighted by atomic mass is 9.99. The summed E-state index contributed by atoms with van der Waals surface area (Å²) < 4.78 is 12.2. The quantitative estimate of drug-likeness (QED) is 0.175. The molecule has 0 radical (unpaired) electrons. The van der Waals surface area contributed by atoms with Gasteiger partial charge in [-0.3, -0.25) is 9.59 Å². The fourth-order valence-electron chi connectivity index (χ4n) is 5.27. The summed E-state index contributed by atoms with van der Waals surface area (Å²) in [6.07, 6.45) is 7.91. The molecule has 6 aromatic rings. The van der Waals surface area contributed by atoms with Crippen LogP contribution < -0.4 is 9.47 Å². The van der Waals surface area contributed by atoms with Crippen LogP contribution in [0.5, 0.6) is 23.0 Å². The molecule has 0 saturated heterocycles. The summed E-state index contributed by atoms with van der Waals surface area (Å²) in [5, 5.41) is 0. The second-order valence-corrected chi connectivity index (χ2v) is 11.0. The minimum atomic E-state index is -0.0739. The van der Waals surface area contributed by atoms with Gasteiger partial charge in [0.25, 0.3) is 0 Å². The molecule has 4 aliphatic heterocycles. The molecule has 10 rings (SSSR count). The van der Waals surface area contributed by atoms with Gasteiger partial charge in [0.05, 0.1) is 0 Å². The van der Waals surface area contributed by atoms with E-state index in [-0.39, 0.29) is 11.6 Å². The van der Waals surface area contributed by atoms with Crippen LogP contribution in [0.2, 0.25) is 0 Å². The zero-order chi connectivity index (χ0) is 31.3. The molecule has 4 heteroatoms. The molecule has 4 nitrogen and oxygen atoms in total. The van der Waals surface area contributed by atoms with Gasteiger partial charge in [0, 0.05) is 22.3 Å². The summed E-state index contributed by atoms with van der Waals surface area (Å²) >= 11 is 0. The Labute approximate surface area is 267 Å². The van der Waals surface area contributed by atoms with Crippen molar-refractivity contribution in [1.29, 1.82) is 0 Å². The van der Waals surface area contributed by atoms with E-state index in [1.54, 1.807) is 24.3 Å². The number of ketones is 2. The number of hydrogen-bond acceptors (Lipinski definition) is 4. The van der Waals surface area contributed by atoms with Crippen LogP contribution in [0.25, 0.3) is 24.3 Å². The van der Waals surface area contributed by atoms with Crippen molar-refractivity contribution in [1.82, 2.24) is 0 Å². The molecule has 0 atom stereocenters. The normalized spacial score (nSPS) is 12.6. The highest BCUT2D eigenvalue weighted by Crippen LogP contribution is 2.27. The molecule has 6 aromatic carbocycles. The summed E-state index contributed by atoms with van der Waals surface area (Å²) in [6.45, 7) is 0. The monoisotopic (exact) mass is 596 g/mol. The molecule has 12 bridgehead atoms. The maximum absolute atomic E-state index is 13.3. The molecule has 0 amide bonds. The Morgan fingerprint density at radius 3 is 1.04 bits per heavy atom. The summed E-state index contributed by atoms with van der Waals surface area (Å²) in [5.41, 5.74) is 6.03. The summed E-state index contributed by atoms with van der Waals surface area (Å²) in [4.78, 5) is 26.7. The van der Waals surface area contributed by atoms with Gasteiger partial charge in [-0.25, -0.2) is 0 Å². The molecule has 220 valence electrons. The third kappa shape index (κ3) is 6.62. The van der Waals surface area contributed by atoms with Crippen LogP contribution in [0, 0.1) is 0 Å². The fraction of sp³-hybridized carbons (Fsp3) is 0. The van der Waals surface area contributed by atoms with E-state index < -0.39 is 0 Å². The maximum Gasteiger partial charge on any atom is 0.193 e. The lowest BCUT2D eigenvalue weighted by molar-refractivity contribution is 0.103. The maximum atomic E-state index is 13.3. The third-order valence-electron chi connectivity index (χ3n) is 7.65. The SMILES string of the molecule is O=C1c2ccc(cc2)Oc2cccc(c2)C=Cc2cccc(c2)Oc2ccc(cc2)C(=O)c2cccc(c2)C=Cc2cccc1c2. The molecular formula is C42H28O4. The summed E-state index contributed by atoms with van der Waals surface area (Å²) in [5.74, 6) is 2.52. The lowest BCUT2D eigenvalue weighted by Crippen LogP contribution is -2.01. The van der Waals surface area contributed by atoms with Crippen molar-refractivity contribution < 1.29 is 19.1 Å². The third-order valence-corrected chi connectivity index (χ3v) is 7.65. The second kappa shape index (κ2) is 12.8. The number of rotatable bonds is 0. The first kappa shape index (κ1) is 28.5. The largest absolute Gasteiger partial charge is 0.457 e. The van der Waals surface area contributed by atoms with Crippen molar-refractivity contribution in [2.24, 2.45) is 0 Å². The highest BCUT2D eigenvalue weighted by atomic mass is 16.5. The molecular weight excluding hydrogens is 568 g/mol. The lowest BCUT2D eigenvalue weighted by Gasteiger charge is -2.09. The van der Waals surface area contributed by atoms with Gasteiger partial charge in [0.2, 0.25) is 0 Å². The minimum Gasteiger partial charge on any atom is -0.457 e. The van der Waals surface area contributed by atoms with Crippen LogP contribution in [0.15, 0.2) is 146 Å². The first-order valence-electron chi connectivity index (χ1n) is 15.0. The predicted octanol–water partition coefficient (Wildman–Crippen LogP) is 10.4. The van der Waals surface area contributed by atoms with Gasteiger partial charge < -0.3 is 9.47 Å². The van der Waals surface area contributed by atoms with E-state index in [1.165, 1.54) is 0 Å². The van der Waals surface area contributed by atoms with Gasteiger partial charge in [0.1, 0.15) is 23.0 Å². The molecule has 0 aliphatic carbocycles. The first-order valence-corrected chi connectivity index (χ1v) is 15.0. The average molecular weight is 597 g/mol. The number of carbonyl (C=O) groups excluding carboxylic acids is 2. The summed E-state index contributed by atoms with van der Waals surface area (Å²) in [7, 11) is 0. The van der Waals surface area contributed by atoms with E-state index in [0.29, 0.717) is 45.3 Å². The predicted molar refractivity (Wildman–Crippen MR) is 184 cm³/mol. The zero-order valence-electron chi connectivity index (χ0n) is 24.8. The van der Waals surface area contributed by atoms with Crippen LogP contribution in [-0.2, 0) is 0 Å². The second-order valence-electron chi connectivity index (χ2n) is 11.0.